The molecule has 0 saturated heterocycles. The summed E-state index contributed by atoms with van der Waals surface area (Å²) in [6.07, 6.45) is 1.82. The molecule has 0 bridgehead atoms. The van der Waals surface area contributed by atoms with Gasteiger partial charge in [0.1, 0.15) is 0 Å². The maximum Gasteiger partial charge on any atom is 0.387 e. The lowest BCUT2D eigenvalue weighted by molar-refractivity contribution is -0.0515. The van der Waals surface area contributed by atoms with Crippen LogP contribution in [0.2, 0.25) is 0 Å². The SMILES string of the molecule is COc1cccc(C(=O)NCCCC(C)C)c1OC(F)F. The lowest BCUT2D eigenvalue weighted by atomic mass is 10.1. The van der Waals surface area contributed by atoms with Crippen molar-refractivity contribution in [2.24, 2.45) is 5.92 Å². The van der Waals surface area contributed by atoms with Gasteiger partial charge in [0.2, 0.25) is 0 Å². The molecule has 21 heavy (non-hydrogen) atoms. The van der Waals surface area contributed by atoms with Gasteiger partial charge in [-0.15, -0.1) is 0 Å². The first-order valence-electron chi connectivity index (χ1n) is 6.85. The summed E-state index contributed by atoms with van der Waals surface area (Å²) < 4.78 is 34.3. The largest absolute Gasteiger partial charge is 0.493 e. The first kappa shape index (κ1) is 17.2. The number of amides is 1. The van der Waals surface area contributed by atoms with E-state index in [2.05, 4.69) is 23.9 Å². The summed E-state index contributed by atoms with van der Waals surface area (Å²) in [7, 11) is 1.33. The maximum atomic E-state index is 12.5. The molecule has 1 N–H and O–H groups in total. The number of ether oxygens (including phenoxy) is 2. The first-order valence-corrected chi connectivity index (χ1v) is 6.85. The summed E-state index contributed by atoms with van der Waals surface area (Å²) in [5.41, 5.74) is 0.0409. The quantitative estimate of drug-likeness (QED) is 0.748. The van der Waals surface area contributed by atoms with Crippen LogP contribution in [0.1, 0.15) is 37.0 Å². The van der Waals surface area contributed by atoms with Crippen LogP contribution in [0, 0.1) is 5.92 Å². The Hall–Kier alpha value is -1.85. The van der Waals surface area contributed by atoms with Crippen LogP contribution in [0.5, 0.6) is 11.5 Å². The predicted molar refractivity (Wildman–Crippen MR) is 76.0 cm³/mol. The average molecular weight is 301 g/mol. The second-order valence-corrected chi connectivity index (χ2v) is 5.01. The highest BCUT2D eigenvalue weighted by atomic mass is 19.3. The third-order valence-corrected chi connectivity index (χ3v) is 2.89. The number of benzene rings is 1. The minimum Gasteiger partial charge on any atom is -0.493 e. The molecule has 0 aromatic heterocycles. The molecule has 0 saturated carbocycles. The predicted octanol–water partition coefficient (Wildman–Crippen LogP) is 3.46. The van der Waals surface area contributed by atoms with E-state index in [1.165, 1.54) is 19.2 Å². The first-order chi connectivity index (χ1) is 9.95. The summed E-state index contributed by atoms with van der Waals surface area (Å²) in [6.45, 7) is 1.66. The highest BCUT2D eigenvalue weighted by Crippen LogP contribution is 2.32. The fourth-order valence-electron chi connectivity index (χ4n) is 1.87. The van der Waals surface area contributed by atoms with Crippen LogP contribution in [0.3, 0.4) is 0 Å². The van der Waals surface area contributed by atoms with E-state index in [4.69, 9.17) is 4.74 Å². The van der Waals surface area contributed by atoms with Crippen LogP contribution in [0.15, 0.2) is 18.2 Å². The Kier molecular flexibility index (Phi) is 6.91. The molecule has 1 amide bonds. The minimum atomic E-state index is -3.02. The van der Waals surface area contributed by atoms with Crippen LogP contribution in [-0.2, 0) is 0 Å². The van der Waals surface area contributed by atoms with E-state index in [0.29, 0.717) is 12.5 Å². The van der Waals surface area contributed by atoms with Crippen LogP contribution >= 0.6 is 0 Å². The van der Waals surface area contributed by atoms with Gasteiger partial charge in [-0.05, 0) is 30.9 Å². The van der Waals surface area contributed by atoms with Gasteiger partial charge in [-0.1, -0.05) is 19.9 Å². The van der Waals surface area contributed by atoms with Crippen LogP contribution in [0.4, 0.5) is 8.78 Å². The highest BCUT2D eigenvalue weighted by molar-refractivity contribution is 5.97. The Morgan fingerprint density at radius 2 is 2.05 bits per heavy atom. The maximum absolute atomic E-state index is 12.5. The summed E-state index contributed by atoms with van der Waals surface area (Å²) >= 11 is 0. The Labute approximate surface area is 123 Å². The molecule has 0 fully saturated rings. The minimum absolute atomic E-state index is 0.0409. The van der Waals surface area contributed by atoms with Crippen molar-refractivity contribution in [1.82, 2.24) is 5.32 Å². The molecule has 0 spiro atoms. The number of halogens is 2. The van der Waals surface area contributed by atoms with Gasteiger partial charge in [-0.2, -0.15) is 8.78 Å². The molecule has 1 aromatic carbocycles. The number of rotatable bonds is 8. The van der Waals surface area contributed by atoms with E-state index in [-0.39, 0.29) is 17.1 Å². The third kappa shape index (κ3) is 5.57. The zero-order valence-corrected chi connectivity index (χ0v) is 12.5. The van der Waals surface area contributed by atoms with Crippen molar-refractivity contribution in [1.29, 1.82) is 0 Å². The second kappa shape index (κ2) is 8.44. The van der Waals surface area contributed by atoms with Gasteiger partial charge in [0.25, 0.3) is 5.91 Å². The highest BCUT2D eigenvalue weighted by Gasteiger charge is 2.19. The van der Waals surface area contributed by atoms with Crippen LogP contribution in [0.25, 0.3) is 0 Å². The fourth-order valence-corrected chi connectivity index (χ4v) is 1.87. The molecule has 118 valence electrons. The van der Waals surface area contributed by atoms with Gasteiger partial charge in [0.05, 0.1) is 12.7 Å². The molecule has 6 heteroatoms. The molecular weight excluding hydrogens is 280 g/mol. The number of para-hydroxylation sites is 1. The van der Waals surface area contributed by atoms with Gasteiger partial charge < -0.3 is 14.8 Å². The number of methoxy groups -OCH3 is 1. The summed E-state index contributed by atoms with van der Waals surface area (Å²) in [4.78, 5) is 12.1. The molecule has 0 radical (unpaired) electrons. The Morgan fingerprint density at radius 3 is 2.62 bits per heavy atom. The molecule has 1 rings (SSSR count). The van der Waals surface area contributed by atoms with Gasteiger partial charge in [0.15, 0.2) is 11.5 Å². The number of nitrogens with one attached hydrogen (secondary N) is 1. The lowest BCUT2D eigenvalue weighted by Gasteiger charge is -2.14. The van der Waals surface area contributed by atoms with Gasteiger partial charge in [-0.3, -0.25) is 4.79 Å². The van der Waals surface area contributed by atoms with Crippen molar-refractivity contribution in [2.45, 2.75) is 33.3 Å². The number of hydrogen-bond acceptors (Lipinski definition) is 3. The van der Waals surface area contributed by atoms with Crippen molar-refractivity contribution >= 4 is 5.91 Å². The zero-order chi connectivity index (χ0) is 15.8. The second-order valence-electron chi connectivity index (χ2n) is 5.01. The van der Waals surface area contributed by atoms with Crippen molar-refractivity contribution in [2.75, 3.05) is 13.7 Å². The summed E-state index contributed by atoms with van der Waals surface area (Å²) in [6, 6.07) is 4.45. The molecule has 0 aliphatic heterocycles. The Bertz CT molecular complexity index is 464. The van der Waals surface area contributed by atoms with E-state index in [9.17, 15) is 13.6 Å². The van der Waals surface area contributed by atoms with Crippen LogP contribution in [-0.4, -0.2) is 26.2 Å². The lowest BCUT2D eigenvalue weighted by Crippen LogP contribution is -2.25. The van der Waals surface area contributed by atoms with E-state index in [0.717, 1.165) is 12.8 Å². The van der Waals surface area contributed by atoms with E-state index in [1.54, 1.807) is 6.07 Å². The Balaban J connectivity index is 2.78. The molecular formula is C15H21F2NO3. The molecule has 0 aliphatic carbocycles. The Morgan fingerprint density at radius 1 is 1.33 bits per heavy atom. The van der Waals surface area contributed by atoms with Gasteiger partial charge >= 0.3 is 6.61 Å². The van der Waals surface area contributed by atoms with Crippen LogP contribution < -0.4 is 14.8 Å². The van der Waals surface area contributed by atoms with Gasteiger partial charge in [0, 0.05) is 6.54 Å². The monoisotopic (exact) mass is 301 g/mol. The van der Waals surface area contributed by atoms with Crippen molar-refractivity contribution in [3.63, 3.8) is 0 Å². The fraction of sp³-hybridized carbons (Fsp3) is 0.533. The zero-order valence-electron chi connectivity index (χ0n) is 12.5. The average Bonchev–Trinajstić information content (AvgIpc) is 2.42. The molecule has 0 heterocycles. The number of alkyl halides is 2. The number of carbonyl (C=O) groups is 1. The smallest absolute Gasteiger partial charge is 0.387 e. The standard InChI is InChI=1S/C15H21F2NO3/c1-10(2)6-5-9-18-14(19)11-7-4-8-12(20-3)13(11)21-15(16)17/h4,7-8,10,15H,5-6,9H2,1-3H3,(H,18,19). The normalized spacial score (nSPS) is 10.8. The summed E-state index contributed by atoms with van der Waals surface area (Å²) in [5, 5.41) is 2.70. The third-order valence-electron chi connectivity index (χ3n) is 2.89. The summed E-state index contributed by atoms with van der Waals surface area (Å²) in [5.74, 6) is -0.0359. The van der Waals surface area contributed by atoms with Crippen molar-refractivity contribution in [3.05, 3.63) is 23.8 Å². The van der Waals surface area contributed by atoms with E-state index in [1.807, 2.05) is 0 Å². The van der Waals surface area contributed by atoms with Crippen molar-refractivity contribution < 1.29 is 23.0 Å². The number of carbonyl (C=O) groups excluding carboxylic acids is 1. The molecule has 4 nitrogen and oxygen atoms in total. The topological polar surface area (TPSA) is 47.6 Å². The molecule has 0 atom stereocenters. The van der Waals surface area contributed by atoms with E-state index >= 15 is 0 Å². The van der Waals surface area contributed by atoms with Gasteiger partial charge in [-0.25, -0.2) is 0 Å². The molecule has 0 unspecified atom stereocenters. The van der Waals surface area contributed by atoms with Crippen molar-refractivity contribution in [3.8, 4) is 11.5 Å². The molecule has 1 aromatic rings. The molecule has 0 aliphatic rings. The van der Waals surface area contributed by atoms with E-state index < -0.39 is 12.5 Å². The number of hydrogen-bond donors (Lipinski definition) is 1.